The second-order valence-corrected chi connectivity index (χ2v) is 8.79. The van der Waals surface area contributed by atoms with Crippen LogP contribution in [-0.2, 0) is 18.9 Å². The number of aliphatic hydroxyl groups is 7. The third-order valence-corrected chi connectivity index (χ3v) is 6.14. The molecule has 0 aromatic heterocycles. The predicted octanol–water partition coefficient (Wildman–Crippen LogP) is -3.71. The Morgan fingerprint density at radius 2 is 1.64 bits per heavy atom. The fourth-order valence-electron chi connectivity index (χ4n) is 4.05. The van der Waals surface area contributed by atoms with Crippen LogP contribution in [0.15, 0.2) is 5.29 Å². The SMILES string of the molecule is COCC(C)N(C(=O)N(CCCl)N=O)C1O[C@H](CO)[C@@H](O[C@H]2O[C@H](CO)[C@@H](O)[C@H](O)[C@H]2O)[C@H](O)[C@H]1O. The summed E-state index contributed by atoms with van der Waals surface area (Å²) >= 11 is 5.62. The van der Waals surface area contributed by atoms with Gasteiger partial charge >= 0.3 is 6.03 Å². The summed E-state index contributed by atoms with van der Waals surface area (Å²) in [5.41, 5.74) is 0. The second-order valence-electron chi connectivity index (χ2n) is 8.41. The average molecular weight is 548 g/mol. The average Bonchev–Trinajstić information content (AvgIpc) is 2.86. The summed E-state index contributed by atoms with van der Waals surface area (Å²) in [5, 5.41) is 74.3. The van der Waals surface area contributed by atoms with Crippen LogP contribution in [0.3, 0.4) is 0 Å². The van der Waals surface area contributed by atoms with E-state index in [-0.39, 0.29) is 19.0 Å². The fraction of sp³-hybridized carbons (Fsp3) is 0.947. The van der Waals surface area contributed by atoms with Crippen LogP contribution in [0, 0.1) is 4.91 Å². The van der Waals surface area contributed by atoms with Gasteiger partial charge < -0.3 is 54.7 Å². The minimum absolute atomic E-state index is 0.0728. The topological polar surface area (TPSA) is 232 Å². The number of nitroso groups, excluding NO2 is 1. The first-order chi connectivity index (χ1) is 17.1. The van der Waals surface area contributed by atoms with Crippen molar-refractivity contribution in [3.63, 3.8) is 0 Å². The Balaban J connectivity index is 2.30. The molecule has 16 nitrogen and oxygen atoms in total. The zero-order valence-corrected chi connectivity index (χ0v) is 20.4. The van der Waals surface area contributed by atoms with E-state index in [2.05, 4.69) is 5.29 Å². The molecule has 2 amide bonds. The van der Waals surface area contributed by atoms with Crippen LogP contribution in [0.4, 0.5) is 4.79 Å². The highest BCUT2D eigenvalue weighted by molar-refractivity contribution is 6.18. The lowest BCUT2D eigenvalue weighted by atomic mass is 9.95. The molecule has 2 unspecified atom stereocenters. The van der Waals surface area contributed by atoms with E-state index in [0.29, 0.717) is 5.01 Å². The summed E-state index contributed by atoms with van der Waals surface area (Å²) in [6, 6.07) is -1.84. The van der Waals surface area contributed by atoms with Crippen molar-refractivity contribution in [2.75, 3.05) is 39.4 Å². The Morgan fingerprint density at radius 1 is 1.00 bits per heavy atom. The van der Waals surface area contributed by atoms with Crippen LogP contribution in [0.5, 0.6) is 0 Å². The molecule has 2 fully saturated rings. The van der Waals surface area contributed by atoms with Crippen LogP contribution in [-0.4, -0.2) is 158 Å². The van der Waals surface area contributed by atoms with Crippen molar-refractivity contribution in [3.8, 4) is 0 Å². The number of carbonyl (C=O) groups excluding carboxylic acids is 1. The van der Waals surface area contributed by atoms with Gasteiger partial charge in [-0.25, -0.2) is 4.79 Å². The molecule has 2 heterocycles. The third-order valence-electron chi connectivity index (χ3n) is 5.97. The maximum absolute atomic E-state index is 13.1. The van der Waals surface area contributed by atoms with Crippen LogP contribution in [0.25, 0.3) is 0 Å². The molecule has 11 atom stereocenters. The molecule has 0 aromatic carbocycles. The highest BCUT2D eigenvalue weighted by Crippen LogP contribution is 2.31. The first-order valence-electron chi connectivity index (χ1n) is 11.1. The Hall–Kier alpha value is -1.28. The zero-order valence-electron chi connectivity index (χ0n) is 19.7. The molecule has 0 spiro atoms. The van der Waals surface area contributed by atoms with Crippen molar-refractivity contribution in [1.29, 1.82) is 0 Å². The van der Waals surface area contributed by atoms with Gasteiger partial charge in [0.2, 0.25) is 0 Å². The summed E-state index contributed by atoms with van der Waals surface area (Å²) < 4.78 is 21.5. The number of hydrogen-bond donors (Lipinski definition) is 7. The van der Waals surface area contributed by atoms with Gasteiger partial charge in [-0.2, -0.15) is 5.01 Å². The van der Waals surface area contributed by atoms with Crippen molar-refractivity contribution in [3.05, 3.63) is 4.91 Å². The standard InChI is InChI=1S/C19H34ClN3O13/c1-8(7-33-2)23(19(31)22(21-32)4-3-20)17-14(29)13(28)16(10(6-25)34-17)36-18-15(30)12(27)11(26)9(5-24)35-18/h8-18,24-30H,3-7H2,1-2H3/t8?,9-,10-,11-,12+,13-,14-,15-,16-,17?,18-/m1/s1. The summed E-state index contributed by atoms with van der Waals surface area (Å²) in [6.07, 6.45) is -16.6. The molecule has 2 aliphatic heterocycles. The van der Waals surface area contributed by atoms with E-state index in [1.54, 1.807) is 0 Å². The van der Waals surface area contributed by atoms with Gasteiger partial charge in [-0.1, -0.05) is 0 Å². The summed E-state index contributed by atoms with van der Waals surface area (Å²) in [6.45, 7) is -0.368. The molecule has 0 aliphatic carbocycles. The number of halogens is 1. The van der Waals surface area contributed by atoms with Gasteiger partial charge in [-0.05, 0) is 6.92 Å². The normalized spacial score (nSPS) is 37.8. The summed E-state index contributed by atoms with van der Waals surface area (Å²) in [7, 11) is 1.35. The van der Waals surface area contributed by atoms with Gasteiger partial charge in [0.15, 0.2) is 12.5 Å². The lowest BCUT2D eigenvalue weighted by Crippen LogP contribution is -2.68. The minimum atomic E-state index is -1.88. The van der Waals surface area contributed by atoms with E-state index in [9.17, 15) is 45.4 Å². The maximum atomic E-state index is 13.1. The molecule has 0 bridgehead atoms. The Labute approximate surface area is 211 Å². The molecule has 36 heavy (non-hydrogen) atoms. The number of hydrogen-bond acceptors (Lipinski definition) is 14. The molecule has 2 rings (SSSR count). The monoisotopic (exact) mass is 547 g/mol. The Morgan fingerprint density at radius 3 is 2.17 bits per heavy atom. The molecular formula is C19H34ClN3O13. The number of nitrogens with zero attached hydrogens (tertiary/aromatic N) is 3. The highest BCUT2D eigenvalue weighted by Gasteiger charge is 2.53. The first kappa shape index (κ1) is 30.9. The lowest BCUT2D eigenvalue weighted by molar-refractivity contribution is -0.348. The number of urea groups is 1. The number of carbonyl (C=O) groups is 1. The number of aliphatic hydroxyl groups excluding tert-OH is 7. The van der Waals surface area contributed by atoms with Crippen molar-refractivity contribution < 1.29 is 59.5 Å². The summed E-state index contributed by atoms with van der Waals surface area (Å²) in [5.74, 6) is -0.130. The molecule has 2 aliphatic rings. The Bertz CT molecular complexity index is 707. The van der Waals surface area contributed by atoms with Gasteiger partial charge in [0.05, 0.1) is 37.7 Å². The molecule has 0 saturated carbocycles. The lowest BCUT2D eigenvalue weighted by Gasteiger charge is -2.49. The second kappa shape index (κ2) is 14.0. The highest BCUT2D eigenvalue weighted by atomic mass is 35.5. The van der Waals surface area contributed by atoms with Crippen molar-refractivity contribution >= 4 is 17.6 Å². The van der Waals surface area contributed by atoms with E-state index in [1.807, 2.05) is 0 Å². The molecular weight excluding hydrogens is 514 g/mol. The van der Waals surface area contributed by atoms with Gasteiger partial charge in [-0.3, -0.25) is 4.90 Å². The summed E-state index contributed by atoms with van der Waals surface area (Å²) in [4.78, 5) is 25.2. The molecule has 7 N–H and O–H groups in total. The van der Waals surface area contributed by atoms with Crippen molar-refractivity contribution in [1.82, 2.24) is 9.91 Å². The number of methoxy groups -OCH3 is 1. The van der Waals surface area contributed by atoms with Crippen molar-refractivity contribution in [2.24, 2.45) is 5.29 Å². The van der Waals surface area contributed by atoms with E-state index in [4.69, 9.17) is 30.5 Å². The van der Waals surface area contributed by atoms with Gasteiger partial charge in [0.1, 0.15) is 48.8 Å². The van der Waals surface area contributed by atoms with Crippen LogP contribution >= 0.6 is 11.6 Å². The maximum Gasteiger partial charge on any atom is 0.345 e. The van der Waals surface area contributed by atoms with E-state index in [1.165, 1.54) is 14.0 Å². The molecule has 210 valence electrons. The molecule has 2 saturated heterocycles. The zero-order chi connectivity index (χ0) is 27.2. The van der Waals surface area contributed by atoms with Crippen LogP contribution in [0.2, 0.25) is 0 Å². The van der Waals surface area contributed by atoms with E-state index >= 15 is 0 Å². The number of alkyl halides is 1. The molecule has 0 aromatic rings. The van der Waals surface area contributed by atoms with E-state index in [0.717, 1.165) is 4.90 Å². The van der Waals surface area contributed by atoms with Gasteiger partial charge in [0.25, 0.3) is 0 Å². The largest absolute Gasteiger partial charge is 0.394 e. The van der Waals surface area contributed by atoms with Gasteiger partial charge in [0, 0.05) is 13.0 Å². The quantitative estimate of drug-likeness (QED) is 0.0750. The molecule has 17 heteroatoms. The van der Waals surface area contributed by atoms with Gasteiger partial charge in [-0.15, -0.1) is 16.5 Å². The predicted molar refractivity (Wildman–Crippen MR) is 118 cm³/mol. The first-order valence-corrected chi connectivity index (χ1v) is 11.7. The van der Waals surface area contributed by atoms with Crippen molar-refractivity contribution in [2.45, 2.75) is 74.3 Å². The third kappa shape index (κ3) is 6.58. The minimum Gasteiger partial charge on any atom is -0.394 e. The number of amides is 2. The smallest absolute Gasteiger partial charge is 0.345 e. The molecule has 0 radical (unpaired) electrons. The Kier molecular flexibility index (Phi) is 12.1. The van der Waals surface area contributed by atoms with E-state index < -0.39 is 86.6 Å². The number of ether oxygens (including phenoxy) is 4. The van der Waals surface area contributed by atoms with Crippen LogP contribution < -0.4 is 0 Å². The van der Waals surface area contributed by atoms with Crippen LogP contribution in [0.1, 0.15) is 6.92 Å². The fourth-order valence-corrected chi connectivity index (χ4v) is 4.21. The number of rotatable bonds is 11.